The van der Waals surface area contributed by atoms with Crippen LogP contribution in [0, 0.1) is 5.92 Å². The number of piperidine rings is 1. The number of carbonyl (C=O) groups excluding carboxylic acids is 1. The lowest BCUT2D eigenvalue weighted by Gasteiger charge is -2.30. The maximum Gasteiger partial charge on any atom is 0.265 e. The highest BCUT2D eigenvalue weighted by Crippen LogP contribution is 2.27. The molecule has 0 N–H and O–H groups in total. The highest BCUT2D eigenvalue weighted by atomic mass is 32.1. The van der Waals surface area contributed by atoms with Gasteiger partial charge in [0.1, 0.15) is 4.88 Å². The first-order valence-corrected chi connectivity index (χ1v) is 8.93. The maximum absolute atomic E-state index is 12.9. The molecule has 1 aliphatic rings. The Morgan fingerprint density at radius 2 is 2.00 bits per heavy atom. The standard InChI is InChI=1S/C17H23N3OS/c1-3-6-14-15(16(21)19-11-7-13(2)8-12-19)22-17(18-14)20-9-4-5-10-20/h4-5,9-10,13H,3,6-8,11-12H2,1-2H3. The lowest BCUT2D eigenvalue weighted by atomic mass is 9.99. The molecule has 2 aromatic heterocycles. The lowest BCUT2D eigenvalue weighted by molar-refractivity contribution is 0.0701. The Labute approximate surface area is 135 Å². The van der Waals surface area contributed by atoms with Gasteiger partial charge in [-0.25, -0.2) is 4.98 Å². The first-order valence-electron chi connectivity index (χ1n) is 8.11. The normalized spacial score (nSPS) is 16.2. The maximum atomic E-state index is 12.9. The molecule has 1 aliphatic heterocycles. The fourth-order valence-electron chi connectivity index (χ4n) is 2.84. The van der Waals surface area contributed by atoms with Crippen molar-refractivity contribution in [1.82, 2.24) is 14.5 Å². The highest BCUT2D eigenvalue weighted by molar-refractivity contribution is 7.16. The number of likely N-dealkylation sites (tertiary alicyclic amines) is 1. The summed E-state index contributed by atoms with van der Waals surface area (Å²) in [4.78, 5) is 20.4. The zero-order chi connectivity index (χ0) is 15.5. The topological polar surface area (TPSA) is 38.1 Å². The van der Waals surface area contributed by atoms with E-state index in [2.05, 4.69) is 13.8 Å². The number of aryl methyl sites for hydroxylation is 1. The van der Waals surface area contributed by atoms with Crippen LogP contribution in [0.5, 0.6) is 0 Å². The van der Waals surface area contributed by atoms with Crippen molar-refractivity contribution >= 4 is 17.2 Å². The Hall–Kier alpha value is -1.62. The second-order valence-electron chi connectivity index (χ2n) is 6.09. The molecule has 1 saturated heterocycles. The second kappa shape index (κ2) is 6.65. The van der Waals surface area contributed by atoms with Crippen molar-refractivity contribution in [2.24, 2.45) is 5.92 Å². The number of carbonyl (C=O) groups is 1. The lowest BCUT2D eigenvalue weighted by Crippen LogP contribution is -2.37. The number of aromatic nitrogens is 2. The Kier molecular flexibility index (Phi) is 4.62. The van der Waals surface area contributed by atoms with Gasteiger partial charge < -0.3 is 9.47 Å². The Morgan fingerprint density at radius 3 is 2.64 bits per heavy atom. The number of amides is 1. The van der Waals surface area contributed by atoms with Crippen LogP contribution in [-0.2, 0) is 6.42 Å². The van der Waals surface area contributed by atoms with E-state index in [-0.39, 0.29) is 5.91 Å². The van der Waals surface area contributed by atoms with E-state index in [1.165, 1.54) is 11.3 Å². The molecule has 0 saturated carbocycles. The van der Waals surface area contributed by atoms with Gasteiger partial charge in [0.2, 0.25) is 0 Å². The van der Waals surface area contributed by atoms with E-state index in [4.69, 9.17) is 4.98 Å². The van der Waals surface area contributed by atoms with Crippen LogP contribution in [0.2, 0.25) is 0 Å². The molecule has 1 amide bonds. The monoisotopic (exact) mass is 317 g/mol. The molecule has 0 atom stereocenters. The van der Waals surface area contributed by atoms with Crippen molar-refractivity contribution in [1.29, 1.82) is 0 Å². The average Bonchev–Trinajstić information content (AvgIpc) is 3.16. The Balaban J connectivity index is 1.86. The van der Waals surface area contributed by atoms with Crippen molar-refractivity contribution < 1.29 is 4.79 Å². The summed E-state index contributed by atoms with van der Waals surface area (Å²) in [5, 5.41) is 0.891. The van der Waals surface area contributed by atoms with Gasteiger partial charge in [-0.15, -0.1) is 0 Å². The van der Waals surface area contributed by atoms with E-state index >= 15 is 0 Å². The van der Waals surface area contributed by atoms with Gasteiger partial charge in [0, 0.05) is 25.5 Å². The number of nitrogens with zero attached hydrogens (tertiary/aromatic N) is 3. The van der Waals surface area contributed by atoms with Gasteiger partial charge in [-0.3, -0.25) is 4.79 Å². The third kappa shape index (κ3) is 3.09. The quantitative estimate of drug-likeness (QED) is 0.861. The van der Waals surface area contributed by atoms with Crippen LogP contribution >= 0.6 is 11.3 Å². The Morgan fingerprint density at radius 1 is 1.32 bits per heavy atom. The number of thiazole rings is 1. The summed E-state index contributed by atoms with van der Waals surface area (Å²) in [6, 6.07) is 3.96. The molecule has 2 aromatic rings. The van der Waals surface area contributed by atoms with Crippen LogP contribution in [0.4, 0.5) is 0 Å². The van der Waals surface area contributed by atoms with Crippen LogP contribution in [0.3, 0.4) is 0 Å². The van der Waals surface area contributed by atoms with Crippen LogP contribution < -0.4 is 0 Å². The molecule has 1 fully saturated rings. The van der Waals surface area contributed by atoms with Gasteiger partial charge in [-0.1, -0.05) is 31.6 Å². The van der Waals surface area contributed by atoms with Crippen LogP contribution in [0.1, 0.15) is 48.5 Å². The van der Waals surface area contributed by atoms with Gasteiger partial charge in [0.05, 0.1) is 5.69 Å². The summed E-state index contributed by atoms with van der Waals surface area (Å²) in [5.74, 6) is 0.905. The summed E-state index contributed by atoms with van der Waals surface area (Å²) in [7, 11) is 0. The van der Waals surface area contributed by atoms with Crippen molar-refractivity contribution in [3.8, 4) is 5.13 Å². The van der Waals surface area contributed by atoms with Gasteiger partial charge in [-0.05, 0) is 37.3 Å². The van der Waals surface area contributed by atoms with Crippen molar-refractivity contribution in [2.75, 3.05) is 13.1 Å². The van der Waals surface area contributed by atoms with E-state index < -0.39 is 0 Å². The predicted octanol–water partition coefficient (Wildman–Crippen LogP) is 3.76. The van der Waals surface area contributed by atoms with Gasteiger partial charge in [0.25, 0.3) is 5.91 Å². The fourth-order valence-corrected chi connectivity index (χ4v) is 3.89. The van der Waals surface area contributed by atoms with Crippen molar-refractivity contribution in [2.45, 2.75) is 39.5 Å². The van der Waals surface area contributed by atoms with Gasteiger partial charge >= 0.3 is 0 Å². The SMILES string of the molecule is CCCc1nc(-n2cccc2)sc1C(=O)N1CCC(C)CC1. The molecule has 0 aliphatic carbocycles. The first-order chi connectivity index (χ1) is 10.7. The molecule has 3 heterocycles. The van der Waals surface area contributed by atoms with Crippen molar-refractivity contribution in [3.63, 3.8) is 0 Å². The van der Waals surface area contributed by atoms with E-state index in [0.717, 1.165) is 60.4 Å². The van der Waals surface area contributed by atoms with E-state index in [1.54, 1.807) is 0 Å². The third-order valence-corrected chi connectivity index (χ3v) is 5.36. The Bertz CT molecular complexity index is 624. The first kappa shape index (κ1) is 15.3. The molecular weight excluding hydrogens is 294 g/mol. The average molecular weight is 317 g/mol. The minimum atomic E-state index is 0.172. The second-order valence-corrected chi connectivity index (χ2v) is 7.06. The third-order valence-electron chi connectivity index (χ3n) is 4.26. The number of rotatable bonds is 4. The minimum absolute atomic E-state index is 0.172. The number of hydrogen-bond acceptors (Lipinski definition) is 3. The summed E-state index contributed by atoms with van der Waals surface area (Å²) in [6.07, 6.45) is 8.04. The molecule has 22 heavy (non-hydrogen) atoms. The van der Waals surface area contributed by atoms with Crippen LogP contribution in [0.15, 0.2) is 24.5 Å². The van der Waals surface area contributed by atoms with Crippen LogP contribution in [-0.4, -0.2) is 33.4 Å². The molecule has 0 aromatic carbocycles. The molecular formula is C17H23N3OS. The molecule has 3 rings (SSSR count). The smallest absolute Gasteiger partial charge is 0.265 e. The molecule has 0 spiro atoms. The zero-order valence-corrected chi connectivity index (χ0v) is 14.1. The largest absolute Gasteiger partial charge is 0.338 e. The molecule has 4 nitrogen and oxygen atoms in total. The molecule has 5 heteroatoms. The predicted molar refractivity (Wildman–Crippen MR) is 89.7 cm³/mol. The summed E-state index contributed by atoms with van der Waals surface area (Å²) < 4.78 is 1.99. The van der Waals surface area contributed by atoms with E-state index in [1.807, 2.05) is 34.0 Å². The minimum Gasteiger partial charge on any atom is -0.338 e. The molecule has 0 bridgehead atoms. The van der Waals surface area contributed by atoms with Crippen molar-refractivity contribution in [3.05, 3.63) is 35.1 Å². The van der Waals surface area contributed by atoms with Gasteiger partial charge in [0.15, 0.2) is 5.13 Å². The highest BCUT2D eigenvalue weighted by Gasteiger charge is 2.26. The molecule has 118 valence electrons. The summed E-state index contributed by atoms with van der Waals surface area (Å²) in [5.41, 5.74) is 0.958. The number of hydrogen-bond donors (Lipinski definition) is 0. The molecule has 0 radical (unpaired) electrons. The summed E-state index contributed by atoms with van der Waals surface area (Å²) in [6.45, 7) is 6.15. The zero-order valence-electron chi connectivity index (χ0n) is 13.3. The van der Waals surface area contributed by atoms with E-state index in [9.17, 15) is 4.79 Å². The fraction of sp³-hybridized carbons (Fsp3) is 0.529. The summed E-state index contributed by atoms with van der Waals surface area (Å²) >= 11 is 1.52. The molecule has 0 unspecified atom stereocenters. The van der Waals surface area contributed by atoms with Crippen LogP contribution in [0.25, 0.3) is 5.13 Å². The van der Waals surface area contributed by atoms with E-state index in [0.29, 0.717) is 0 Å². The van der Waals surface area contributed by atoms with Gasteiger partial charge in [-0.2, -0.15) is 0 Å².